The number of nitrogen functional groups attached to an aromatic ring is 1. The molecule has 19 heavy (non-hydrogen) atoms. The number of anilines is 1. The van der Waals surface area contributed by atoms with Crippen LogP contribution in [0.2, 0.25) is 0 Å². The first-order valence-corrected chi connectivity index (χ1v) is 5.61. The van der Waals surface area contributed by atoms with Crippen molar-refractivity contribution in [2.45, 2.75) is 13.0 Å². The van der Waals surface area contributed by atoms with Gasteiger partial charge in [0.05, 0.1) is 12.3 Å². The second-order valence-corrected chi connectivity index (χ2v) is 3.80. The lowest BCUT2D eigenvalue weighted by Crippen LogP contribution is -2.44. The number of amides is 2. The molecular formula is C8H15Cl2N5O3S. The molecule has 0 fully saturated rings. The highest BCUT2D eigenvalue weighted by atomic mass is 35.5. The molecule has 1 atom stereocenters. The van der Waals surface area contributed by atoms with E-state index in [1.54, 1.807) is 12.3 Å². The summed E-state index contributed by atoms with van der Waals surface area (Å²) in [6, 6.07) is -1.73. The Hall–Kier alpha value is -1.29. The van der Waals surface area contributed by atoms with E-state index in [1.807, 2.05) is 5.43 Å². The highest BCUT2D eigenvalue weighted by Crippen LogP contribution is 2.19. The van der Waals surface area contributed by atoms with Crippen molar-refractivity contribution in [3.63, 3.8) is 0 Å². The van der Waals surface area contributed by atoms with Crippen LogP contribution in [0, 0.1) is 0 Å². The number of carbonyl (C=O) groups is 2. The van der Waals surface area contributed by atoms with Crippen LogP contribution < -0.4 is 22.3 Å². The number of nitrogens with one attached hydrogen (secondary N) is 2. The monoisotopic (exact) mass is 331 g/mol. The molecular weight excluding hydrogens is 317 g/mol. The van der Waals surface area contributed by atoms with E-state index in [4.69, 9.17) is 16.3 Å². The number of ether oxygens (including phenoxy) is 1. The smallest absolute Gasteiger partial charge is 0.335 e. The summed E-state index contributed by atoms with van der Waals surface area (Å²) in [6.45, 7) is 1.86. The van der Waals surface area contributed by atoms with Gasteiger partial charge in [0.1, 0.15) is 0 Å². The van der Waals surface area contributed by atoms with Crippen LogP contribution in [-0.4, -0.2) is 23.6 Å². The van der Waals surface area contributed by atoms with E-state index < -0.39 is 18.0 Å². The topological polar surface area (TPSA) is 132 Å². The summed E-state index contributed by atoms with van der Waals surface area (Å²) >= 11 is 1.16. The number of hydrogen-bond acceptors (Lipinski definition) is 7. The number of halogens is 2. The molecule has 110 valence electrons. The van der Waals surface area contributed by atoms with Crippen molar-refractivity contribution < 1.29 is 14.3 Å². The summed E-state index contributed by atoms with van der Waals surface area (Å²) in [7, 11) is 0. The van der Waals surface area contributed by atoms with Crippen LogP contribution >= 0.6 is 36.2 Å². The quantitative estimate of drug-likeness (QED) is 0.272. The molecule has 11 heteroatoms. The Morgan fingerprint density at radius 3 is 2.58 bits per heavy atom. The summed E-state index contributed by atoms with van der Waals surface area (Å²) in [4.78, 5) is 26.6. The molecule has 0 aromatic carbocycles. The summed E-state index contributed by atoms with van der Waals surface area (Å²) < 4.78 is 4.81. The van der Waals surface area contributed by atoms with E-state index >= 15 is 0 Å². The van der Waals surface area contributed by atoms with E-state index in [1.165, 1.54) is 0 Å². The molecule has 1 aromatic heterocycles. The third-order valence-electron chi connectivity index (χ3n) is 1.76. The molecule has 0 spiro atoms. The number of thiazole rings is 1. The number of rotatable bonds is 4. The molecule has 1 heterocycles. The van der Waals surface area contributed by atoms with Gasteiger partial charge in [-0.05, 0) is 6.92 Å². The SMILES string of the molecule is CCOC(=O)C(NC(=O)NN)c1csc(N)n1.Cl.Cl. The molecule has 8 nitrogen and oxygen atoms in total. The van der Waals surface area contributed by atoms with Crippen molar-refractivity contribution in [2.75, 3.05) is 12.3 Å². The Morgan fingerprint density at radius 2 is 2.16 bits per heavy atom. The lowest BCUT2D eigenvalue weighted by atomic mass is 10.2. The van der Waals surface area contributed by atoms with Gasteiger partial charge >= 0.3 is 12.0 Å². The van der Waals surface area contributed by atoms with Crippen molar-refractivity contribution in [3.8, 4) is 0 Å². The van der Waals surface area contributed by atoms with Crippen molar-refractivity contribution in [1.82, 2.24) is 15.7 Å². The molecule has 0 aliphatic rings. The van der Waals surface area contributed by atoms with E-state index in [0.29, 0.717) is 10.8 Å². The maximum atomic E-state index is 11.6. The Labute approximate surface area is 126 Å². The Kier molecular flexibility index (Phi) is 10.1. The Bertz CT molecular complexity index is 417. The minimum Gasteiger partial charge on any atom is -0.464 e. The van der Waals surface area contributed by atoms with Gasteiger partial charge in [0.25, 0.3) is 0 Å². The third-order valence-corrected chi connectivity index (χ3v) is 2.46. The number of hydrogen-bond donors (Lipinski definition) is 4. The van der Waals surface area contributed by atoms with Gasteiger partial charge in [-0.3, -0.25) is 5.43 Å². The number of nitrogens with zero attached hydrogens (tertiary/aromatic N) is 1. The molecule has 0 saturated carbocycles. The number of esters is 1. The van der Waals surface area contributed by atoms with Gasteiger partial charge in [0, 0.05) is 5.38 Å². The molecule has 0 aliphatic heterocycles. The fourth-order valence-electron chi connectivity index (χ4n) is 1.09. The normalized spacial score (nSPS) is 10.4. The van der Waals surface area contributed by atoms with Gasteiger partial charge < -0.3 is 15.8 Å². The second kappa shape index (κ2) is 9.62. The Balaban J connectivity index is 0. The molecule has 2 amide bonds. The first kappa shape index (κ1) is 20.0. The van der Waals surface area contributed by atoms with Crippen LogP contribution in [0.4, 0.5) is 9.93 Å². The molecule has 0 radical (unpaired) electrons. The zero-order chi connectivity index (χ0) is 12.8. The minimum absolute atomic E-state index is 0. The van der Waals surface area contributed by atoms with E-state index in [9.17, 15) is 9.59 Å². The molecule has 0 bridgehead atoms. The molecule has 6 N–H and O–H groups in total. The zero-order valence-electron chi connectivity index (χ0n) is 9.91. The largest absolute Gasteiger partial charge is 0.464 e. The van der Waals surface area contributed by atoms with Gasteiger partial charge in [0.2, 0.25) is 0 Å². The molecule has 0 saturated heterocycles. The average Bonchev–Trinajstić information content (AvgIpc) is 2.72. The lowest BCUT2D eigenvalue weighted by molar-refractivity contribution is -0.145. The van der Waals surface area contributed by atoms with Crippen molar-refractivity contribution in [3.05, 3.63) is 11.1 Å². The van der Waals surface area contributed by atoms with Crippen LogP contribution in [0.3, 0.4) is 0 Å². The van der Waals surface area contributed by atoms with Gasteiger partial charge in [0.15, 0.2) is 11.2 Å². The summed E-state index contributed by atoms with van der Waals surface area (Å²) in [5.41, 5.74) is 7.63. The number of nitrogens with two attached hydrogens (primary N) is 2. The predicted octanol–water partition coefficient (Wildman–Crippen LogP) is 0.346. The van der Waals surface area contributed by atoms with Gasteiger partial charge in [-0.25, -0.2) is 20.4 Å². The maximum absolute atomic E-state index is 11.6. The maximum Gasteiger partial charge on any atom is 0.335 e. The standard InChI is InChI=1S/C8H13N5O3S.2ClH/c1-2-16-6(14)5(12-8(15)13-10)4-3-17-7(9)11-4;;/h3,5H,2,10H2,1H3,(H2,9,11)(H2,12,13,15);2*1H. The third kappa shape index (κ3) is 5.92. The fourth-order valence-corrected chi connectivity index (χ4v) is 1.67. The lowest BCUT2D eigenvalue weighted by Gasteiger charge is -2.14. The van der Waals surface area contributed by atoms with Crippen molar-refractivity contribution in [2.24, 2.45) is 5.84 Å². The Morgan fingerprint density at radius 1 is 1.53 bits per heavy atom. The van der Waals surface area contributed by atoms with E-state index in [0.717, 1.165) is 11.3 Å². The van der Waals surface area contributed by atoms with E-state index in [2.05, 4.69) is 10.3 Å². The fraction of sp³-hybridized carbons (Fsp3) is 0.375. The zero-order valence-corrected chi connectivity index (χ0v) is 12.4. The summed E-state index contributed by atoms with van der Waals surface area (Å²) in [5, 5.41) is 4.18. The second-order valence-electron chi connectivity index (χ2n) is 2.91. The van der Waals surface area contributed by atoms with Gasteiger partial charge in [-0.2, -0.15) is 0 Å². The predicted molar refractivity (Wildman–Crippen MR) is 76.3 cm³/mol. The molecule has 1 aromatic rings. The van der Waals surface area contributed by atoms with Crippen molar-refractivity contribution >= 4 is 53.3 Å². The molecule has 1 unspecified atom stereocenters. The number of urea groups is 1. The van der Waals surface area contributed by atoms with Crippen LogP contribution in [0.15, 0.2) is 5.38 Å². The highest BCUT2D eigenvalue weighted by molar-refractivity contribution is 7.13. The number of hydrazine groups is 1. The molecule has 0 aliphatic carbocycles. The van der Waals surface area contributed by atoms with Gasteiger partial charge in [-0.15, -0.1) is 36.2 Å². The van der Waals surface area contributed by atoms with Gasteiger partial charge in [-0.1, -0.05) is 0 Å². The number of carbonyl (C=O) groups excluding carboxylic acids is 2. The van der Waals surface area contributed by atoms with Crippen LogP contribution in [-0.2, 0) is 9.53 Å². The average molecular weight is 332 g/mol. The summed E-state index contributed by atoms with van der Waals surface area (Å²) in [5.74, 6) is 4.30. The van der Waals surface area contributed by atoms with Crippen molar-refractivity contribution in [1.29, 1.82) is 0 Å². The van der Waals surface area contributed by atoms with Crippen LogP contribution in [0.5, 0.6) is 0 Å². The molecule has 1 rings (SSSR count). The first-order valence-electron chi connectivity index (χ1n) is 4.73. The van der Waals surface area contributed by atoms with E-state index in [-0.39, 0.29) is 31.4 Å². The summed E-state index contributed by atoms with van der Waals surface area (Å²) in [6.07, 6.45) is 0. The minimum atomic E-state index is -1.02. The number of aromatic nitrogens is 1. The first-order chi connectivity index (χ1) is 8.08. The van der Waals surface area contributed by atoms with Crippen LogP contribution in [0.25, 0.3) is 0 Å². The van der Waals surface area contributed by atoms with Crippen LogP contribution in [0.1, 0.15) is 18.7 Å². The highest BCUT2D eigenvalue weighted by Gasteiger charge is 2.26.